The first kappa shape index (κ1) is 15.1. The number of nitrogens with zero attached hydrogens (tertiary/aromatic N) is 1. The number of rotatable bonds is 5. The van der Waals surface area contributed by atoms with E-state index in [0.29, 0.717) is 0 Å². The Morgan fingerprint density at radius 1 is 1.32 bits per heavy atom. The third-order valence-corrected chi connectivity index (χ3v) is 4.63. The molecule has 1 saturated heterocycles. The Bertz CT molecular complexity index is 626. The van der Waals surface area contributed by atoms with Crippen molar-refractivity contribution in [2.45, 2.75) is 32.6 Å². The normalized spacial score (nSPS) is 17.0. The summed E-state index contributed by atoms with van der Waals surface area (Å²) >= 11 is 0. The summed E-state index contributed by atoms with van der Waals surface area (Å²) in [7, 11) is 0. The smallest absolute Gasteiger partial charge is 0.227 e. The lowest BCUT2D eigenvalue weighted by molar-refractivity contribution is -0.121. The highest BCUT2D eigenvalue weighted by Gasteiger charge is 2.25. The average Bonchev–Trinajstić information content (AvgIpc) is 2.96. The molecule has 0 saturated carbocycles. The molecular weight excluding hydrogens is 274 g/mol. The highest BCUT2D eigenvalue weighted by Crippen LogP contribution is 2.25. The molecule has 22 heavy (non-hydrogen) atoms. The maximum Gasteiger partial charge on any atom is 0.227 e. The molecule has 1 aliphatic rings. The molecule has 0 aliphatic carbocycles. The standard InChI is InChI=1S/C18H25N3O/c1-2-3-10-21-11-8-14(9-12-21)18(22)20-17-13-19-16-7-5-4-6-15(16)17/h4-7,13-14,19H,2-3,8-12H2,1H3,(H,20,22). The molecule has 4 heteroatoms. The van der Waals surface area contributed by atoms with Crippen LogP contribution < -0.4 is 5.32 Å². The highest BCUT2D eigenvalue weighted by atomic mass is 16.1. The number of nitrogens with one attached hydrogen (secondary N) is 2. The van der Waals surface area contributed by atoms with Crippen molar-refractivity contribution < 1.29 is 4.79 Å². The van der Waals surface area contributed by atoms with Crippen molar-refractivity contribution >= 4 is 22.5 Å². The summed E-state index contributed by atoms with van der Waals surface area (Å²) < 4.78 is 0. The predicted molar refractivity (Wildman–Crippen MR) is 91.0 cm³/mol. The molecule has 1 fully saturated rings. The summed E-state index contributed by atoms with van der Waals surface area (Å²) in [6.45, 7) is 5.49. The number of aromatic nitrogens is 1. The number of unbranched alkanes of at least 4 members (excludes halogenated alkanes) is 1. The van der Waals surface area contributed by atoms with E-state index in [9.17, 15) is 4.79 Å². The van der Waals surface area contributed by atoms with Gasteiger partial charge in [0.15, 0.2) is 0 Å². The Hall–Kier alpha value is -1.81. The van der Waals surface area contributed by atoms with Crippen molar-refractivity contribution in [3.63, 3.8) is 0 Å². The van der Waals surface area contributed by atoms with E-state index in [1.807, 2.05) is 30.5 Å². The molecule has 118 valence electrons. The number of amides is 1. The summed E-state index contributed by atoms with van der Waals surface area (Å²) in [4.78, 5) is 18.2. The van der Waals surface area contributed by atoms with E-state index in [4.69, 9.17) is 0 Å². The van der Waals surface area contributed by atoms with Gasteiger partial charge in [0.2, 0.25) is 5.91 Å². The molecule has 2 N–H and O–H groups in total. The van der Waals surface area contributed by atoms with E-state index in [-0.39, 0.29) is 11.8 Å². The quantitative estimate of drug-likeness (QED) is 0.886. The van der Waals surface area contributed by atoms with Gasteiger partial charge in [-0.2, -0.15) is 0 Å². The number of carbonyl (C=O) groups excluding carboxylic acids is 1. The van der Waals surface area contributed by atoms with E-state index in [2.05, 4.69) is 22.1 Å². The van der Waals surface area contributed by atoms with Crippen molar-refractivity contribution in [2.75, 3.05) is 25.0 Å². The molecule has 4 nitrogen and oxygen atoms in total. The molecule has 0 atom stereocenters. The number of para-hydroxylation sites is 1. The van der Waals surface area contributed by atoms with Crippen molar-refractivity contribution in [2.24, 2.45) is 5.92 Å². The fourth-order valence-electron chi connectivity index (χ4n) is 3.21. The van der Waals surface area contributed by atoms with Crippen molar-refractivity contribution in [3.05, 3.63) is 30.5 Å². The van der Waals surface area contributed by atoms with Gasteiger partial charge in [-0.1, -0.05) is 31.5 Å². The first-order chi connectivity index (χ1) is 10.8. The number of anilines is 1. The predicted octanol–water partition coefficient (Wildman–Crippen LogP) is 3.62. The summed E-state index contributed by atoms with van der Waals surface area (Å²) in [5.74, 6) is 0.312. The fraction of sp³-hybridized carbons (Fsp3) is 0.500. The molecule has 0 spiro atoms. The number of carbonyl (C=O) groups is 1. The van der Waals surface area contributed by atoms with Crippen molar-refractivity contribution in [1.82, 2.24) is 9.88 Å². The van der Waals surface area contributed by atoms with Gasteiger partial charge in [-0.3, -0.25) is 4.79 Å². The lowest BCUT2D eigenvalue weighted by atomic mass is 9.95. The van der Waals surface area contributed by atoms with E-state index < -0.39 is 0 Å². The molecule has 1 aliphatic heterocycles. The van der Waals surface area contributed by atoms with Crippen LogP contribution in [-0.4, -0.2) is 35.4 Å². The first-order valence-corrected chi connectivity index (χ1v) is 8.37. The molecule has 0 unspecified atom stereocenters. The first-order valence-electron chi connectivity index (χ1n) is 8.37. The van der Waals surface area contributed by atoms with Gasteiger partial charge in [0.1, 0.15) is 0 Å². The molecule has 1 aromatic heterocycles. The van der Waals surface area contributed by atoms with Gasteiger partial charge in [0, 0.05) is 23.0 Å². The number of aromatic amines is 1. The van der Waals surface area contributed by atoms with E-state index in [1.54, 1.807) is 0 Å². The van der Waals surface area contributed by atoms with Crippen LogP contribution in [0, 0.1) is 5.92 Å². The molecule has 2 heterocycles. The lowest BCUT2D eigenvalue weighted by Gasteiger charge is -2.31. The van der Waals surface area contributed by atoms with Gasteiger partial charge in [0.05, 0.1) is 5.69 Å². The second kappa shape index (κ2) is 6.97. The molecule has 1 amide bonds. The Balaban J connectivity index is 1.57. The fourth-order valence-corrected chi connectivity index (χ4v) is 3.21. The van der Waals surface area contributed by atoms with Gasteiger partial charge < -0.3 is 15.2 Å². The SMILES string of the molecule is CCCCN1CCC(C(=O)Nc2c[nH]c3ccccc23)CC1. The second-order valence-electron chi connectivity index (χ2n) is 6.21. The van der Waals surface area contributed by atoms with Crippen LogP contribution in [-0.2, 0) is 4.79 Å². The van der Waals surface area contributed by atoms with Crippen LogP contribution in [0.4, 0.5) is 5.69 Å². The van der Waals surface area contributed by atoms with Crippen LogP contribution in [0.3, 0.4) is 0 Å². The van der Waals surface area contributed by atoms with Crippen LogP contribution >= 0.6 is 0 Å². The van der Waals surface area contributed by atoms with Gasteiger partial charge in [-0.05, 0) is 45.0 Å². The Labute approximate surface area is 131 Å². The zero-order valence-electron chi connectivity index (χ0n) is 13.3. The number of hydrogen-bond donors (Lipinski definition) is 2. The molecule has 0 bridgehead atoms. The van der Waals surface area contributed by atoms with E-state index >= 15 is 0 Å². The largest absolute Gasteiger partial charge is 0.359 e. The minimum atomic E-state index is 0.145. The van der Waals surface area contributed by atoms with Crippen LogP contribution in [0.1, 0.15) is 32.6 Å². The third-order valence-electron chi connectivity index (χ3n) is 4.63. The van der Waals surface area contributed by atoms with Gasteiger partial charge >= 0.3 is 0 Å². The van der Waals surface area contributed by atoms with Crippen LogP contribution in [0.5, 0.6) is 0 Å². The summed E-state index contributed by atoms with van der Waals surface area (Å²) in [5.41, 5.74) is 1.96. The van der Waals surface area contributed by atoms with E-state index in [0.717, 1.165) is 42.5 Å². The summed E-state index contributed by atoms with van der Waals surface area (Å²) in [5, 5.41) is 4.18. The molecule has 1 aromatic carbocycles. The number of benzene rings is 1. The number of fused-ring (bicyclic) bond motifs is 1. The highest BCUT2D eigenvalue weighted by molar-refractivity contribution is 6.02. The molecular formula is C18H25N3O. The zero-order chi connectivity index (χ0) is 15.4. The van der Waals surface area contributed by atoms with Gasteiger partial charge in [-0.15, -0.1) is 0 Å². The topological polar surface area (TPSA) is 48.1 Å². The maximum atomic E-state index is 12.5. The van der Waals surface area contributed by atoms with Crippen molar-refractivity contribution in [1.29, 1.82) is 0 Å². The third kappa shape index (κ3) is 3.33. The van der Waals surface area contributed by atoms with Crippen LogP contribution in [0.2, 0.25) is 0 Å². The van der Waals surface area contributed by atoms with Crippen LogP contribution in [0.25, 0.3) is 10.9 Å². The maximum absolute atomic E-state index is 12.5. The molecule has 3 rings (SSSR count). The minimum Gasteiger partial charge on any atom is -0.359 e. The number of likely N-dealkylation sites (tertiary alicyclic amines) is 1. The van der Waals surface area contributed by atoms with Crippen molar-refractivity contribution in [3.8, 4) is 0 Å². The number of H-pyrrole nitrogens is 1. The summed E-state index contributed by atoms with van der Waals surface area (Å²) in [6, 6.07) is 8.06. The summed E-state index contributed by atoms with van der Waals surface area (Å²) in [6.07, 6.45) is 6.32. The number of piperidine rings is 1. The average molecular weight is 299 g/mol. The van der Waals surface area contributed by atoms with Gasteiger partial charge in [-0.25, -0.2) is 0 Å². The monoisotopic (exact) mass is 299 g/mol. The molecule has 2 aromatic rings. The minimum absolute atomic E-state index is 0.145. The Kier molecular flexibility index (Phi) is 4.78. The lowest BCUT2D eigenvalue weighted by Crippen LogP contribution is -2.38. The molecule has 0 radical (unpaired) electrons. The Morgan fingerprint density at radius 2 is 2.09 bits per heavy atom. The second-order valence-corrected chi connectivity index (χ2v) is 6.21. The Morgan fingerprint density at radius 3 is 2.86 bits per heavy atom. The zero-order valence-corrected chi connectivity index (χ0v) is 13.3. The van der Waals surface area contributed by atoms with Gasteiger partial charge in [0.25, 0.3) is 0 Å². The van der Waals surface area contributed by atoms with Crippen LogP contribution in [0.15, 0.2) is 30.5 Å². The number of hydrogen-bond acceptors (Lipinski definition) is 2. The van der Waals surface area contributed by atoms with E-state index in [1.165, 1.54) is 19.4 Å².